The topological polar surface area (TPSA) is 83.8 Å². The Bertz CT molecular complexity index is 470. The lowest BCUT2D eigenvalue weighted by molar-refractivity contribution is -0.146. The fourth-order valence-electron chi connectivity index (χ4n) is 1.45. The zero-order chi connectivity index (χ0) is 13.9. The van der Waals surface area contributed by atoms with Gasteiger partial charge in [-0.3, -0.25) is 4.79 Å². The monoisotopic (exact) mass is 272 g/mol. The first-order valence-corrected chi connectivity index (χ1v) is 5.59. The number of alkyl halides is 1. The Morgan fingerprint density at radius 3 is 2.44 bits per heavy atom. The van der Waals surface area contributed by atoms with Gasteiger partial charge in [-0.05, 0) is 24.6 Å². The number of rotatable bonds is 5. The van der Waals surface area contributed by atoms with Gasteiger partial charge in [0.15, 0.2) is 11.9 Å². The van der Waals surface area contributed by atoms with E-state index in [1.807, 2.05) is 0 Å². The van der Waals surface area contributed by atoms with Gasteiger partial charge < -0.3 is 14.9 Å². The van der Waals surface area contributed by atoms with Crippen molar-refractivity contribution in [3.63, 3.8) is 0 Å². The van der Waals surface area contributed by atoms with Crippen LogP contribution >= 0.6 is 11.6 Å². The third-order valence-corrected chi connectivity index (χ3v) is 2.60. The number of carbonyl (C=O) groups is 2. The summed E-state index contributed by atoms with van der Waals surface area (Å²) in [5, 5.41) is 17.4. The molecule has 0 aliphatic heterocycles. The lowest BCUT2D eigenvalue weighted by atomic mass is 10.0. The Kier molecular flexibility index (Phi) is 4.69. The molecule has 98 valence electrons. The summed E-state index contributed by atoms with van der Waals surface area (Å²) in [6.45, 7) is 1.50. The maximum Gasteiger partial charge on any atom is 0.337 e. The zero-order valence-corrected chi connectivity index (χ0v) is 10.6. The second-order valence-corrected chi connectivity index (χ2v) is 4.34. The minimum Gasteiger partial charge on any atom is -0.496 e. The van der Waals surface area contributed by atoms with E-state index >= 15 is 0 Å². The third kappa shape index (κ3) is 3.00. The molecule has 0 aliphatic rings. The molecule has 1 rings (SSSR count). The van der Waals surface area contributed by atoms with Crippen molar-refractivity contribution in [2.75, 3.05) is 7.11 Å². The molecule has 6 heteroatoms. The summed E-state index contributed by atoms with van der Waals surface area (Å²) in [4.78, 5) is 22.5. The number of aliphatic hydroxyl groups excluding tert-OH is 1. The lowest BCUT2D eigenvalue weighted by Crippen LogP contribution is -2.15. The first kappa shape index (κ1) is 14.5. The Morgan fingerprint density at radius 2 is 2.00 bits per heavy atom. The lowest BCUT2D eigenvalue weighted by Gasteiger charge is -2.12. The molecule has 2 unspecified atom stereocenters. The number of carboxylic acid groups (broad SMARTS) is 1. The van der Waals surface area contributed by atoms with E-state index < -0.39 is 23.2 Å². The van der Waals surface area contributed by atoms with E-state index in [0.717, 1.165) is 0 Å². The van der Waals surface area contributed by atoms with E-state index in [1.54, 1.807) is 0 Å². The molecule has 2 atom stereocenters. The van der Waals surface area contributed by atoms with Crippen molar-refractivity contribution < 1.29 is 24.5 Å². The number of carboxylic acids is 1. The Morgan fingerprint density at radius 1 is 1.39 bits per heavy atom. The van der Waals surface area contributed by atoms with Crippen LogP contribution in [0.25, 0.3) is 0 Å². The molecule has 0 amide bonds. The molecule has 1 aromatic carbocycles. The number of carbonyl (C=O) groups excluding carboxylic acids is 1. The van der Waals surface area contributed by atoms with Crippen molar-refractivity contribution in [3.05, 3.63) is 29.3 Å². The van der Waals surface area contributed by atoms with Crippen molar-refractivity contribution in [1.29, 1.82) is 0 Å². The number of ketones is 1. The number of hydrogen-bond donors (Lipinski definition) is 2. The average Bonchev–Trinajstić information content (AvgIpc) is 2.35. The van der Waals surface area contributed by atoms with Crippen LogP contribution in [0.3, 0.4) is 0 Å². The standard InChI is InChI=1S/C12H13ClO5/c1-6(13)10(14)8-5-7(11(15)12(16)17)3-4-9(8)18-2/h3-6,11,15H,1-2H3,(H,16,17). The van der Waals surface area contributed by atoms with Crippen LogP contribution in [-0.2, 0) is 4.79 Å². The van der Waals surface area contributed by atoms with Gasteiger partial charge in [-0.25, -0.2) is 4.79 Å². The molecule has 0 aliphatic carbocycles. The van der Waals surface area contributed by atoms with Crippen LogP contribution in [-0.4, -0.2) is 34.5 Å². The van der Waals surface area contributed by atoms with Gasteiger partial charge in [-0.2, -0.15) is 0 Å². The number of aliphatic carboxylic acids is 1. The summed E-state index contributed by atoms with van der Waals surface area (Å²) in [6, 6.07) is 4.08. The van der Waals surface area contributed by atoms with Gasteiger partial charge in [0, 0.05) is 0 Å². The number of ether oxygens (including phenoxy) is 1. The van der Waals surface area contributed by atoms with Crippen LogP contribution in [0.15, 0.2) is 18.2 Å². The number of hydrogen-bond acceptors (Lipinski definition) is 4. The zero-order valence-electron chi connectivity index (χ0n) is 9.88. The van der Waals surface area contributed by atoms with Crippen LogP contribution < -0.4 is 4.74 Å². The SMILES string of the molecule is COc1ccc(C(O)C(=O)O)cc1C(=O)C(C)Cl. The molecule has 0 spiro atoms. The van der Waals surface area contributed by atoms with Gasteiger partial charge in [-0.1, -0.05) is 6.07 Å². The minimum absolute atomic E-state index is 0.101. The highest BCUT2D eigenvalue weighted by Crippen LogP contribution is 2.25. The molecule has 0 fully saturated rings. The summed E-state index contributed by atoms with van der Waals surface area (Å²) in [7, 11) is 1.39. The van der Waals surface area contributed by atoms with Crippen LogP contribution in [0, 0.1) is 0 Å². The summed E-state index contributed by atoms with van der Waals surface area (Å²) in [5.41, 5.74) is 0.252. The quantitative estimate of drug-likeness (QED) is 0.629. The van der Waals surface area contributed by atoms with E-state index in [9.17, 15) is 14.7 Å². The van der Waals surface area contributed by atoms with Crippen LogP contribution in [0.4, 0.5) is 0 Å². The molecule has 5 nitrogen and oxygen atoms in total. The van der Waals surface area contributed by atoms with Gasteiger partial charge in [-0.15, -0.1) is 11.6 Å². The molecule has 0 saturated carbocycles. The van der Waals surface area contributed by atoms with Gasteiger partial charge in [0.2, 0.25) is 0 Å². The maximum absolute atomic E-state index is 11.8. The van der Waals surface area contributed by atoms with Crippen molar-refractivity contribution in [2.45, 2.75) is 18.4 Å². The molecular formula is C12H13ClO5. The van der Waals surface area contributed by atoms with E-state index in [1.165, 1.54) is 32.2 Å². The molecular weight excluding hydrogens is 260 g/mol. The molecule has 0 radical (unpaired) electrons. The van der Waals surface area contributed by atoms with E-state index in [2.05, 4.69) is 0 Å². The van der Waals surface area contributed by atoms with Crippen LogP contribution in [0.2, 0.25) is 0 Å². The van der Waals surface area contributed by atoms with Crippen molar-refractivity contribution in [2.24, 2.45) is 0 Å². The Balaban J connectivity index is 3.25. The third-order valence-electron chi connectivity index (χ3n) is 2.40. The Labute approximate surface area is 109 Å². The van der Waals surface area contributed by atoms with Crippen molar-refractivity contribution in [3.8, 4) is 5.75 Å². The second kappa shape index (κ2) is 5.84. The number of Topliss-reactive ketones (excluding diaryl/α,β-unsaturated/α-hetero) is 1. The highest BCUT2D eigenvalue weighted by atomic mass is 35.5. The molecule has 1 aromatic rings. The van der Waals surface area contributed by atoms with Crippen molar-refractivity contribution in [1.82, 2.24) is 0 Å². The normalized spacial score (nSPS) is 13.8. The smallest absolute Gasteiger partial charge is 0.337 e. The van der Waals surface area contributed by atoms with Gasteiger partial charge in [0.1, 0.15) is 5.75 Å². The summed E-state index contributed by atoms with van der Waals surface area (Å²) < 4.78 is 5.00. The first-order valence-electron chi connectivity index (χ1n) is 5.15. The molecule has 2 N–H and O–H groups in total. The number of halogens is 1. The number of aliphatic hydroxyl groups is 1. The molecule has 18 heavy (non-hydrogen) atoms. The minimum atomic E-state index is -1.69. The Hall–Kier alpha value is -1.59. The molecule has 0 bridgehead atoms. The van der Waals surface area contributed by atoms with E-state index in [4.69, 9.17) is 21.4 Å². The van der Waals surface area contributed by atoms with Crippen LogP contribution in [0.1, 0.15) is 28.9 Å². The predicted octanol–water partition coefficient (Wildman–Crippen LogP) is 1.62. The maximum atomic E-state index is 11.8. The molecule has 0 heterocycles. The second-order valence-electron chi connectivity index (χ2n) is 3.68. The molecule has 0 saturated heterocycles. The molecule has 0 aromatic heterocycles. The fraction of sp³-hybridized carbons (Fsp3) is 0.333. The highest BCUT2D eigenvalue weighted by Gasteiger charge is 2.22. The van der Waals surface area contributed by atoms with Crippen LogP contribution in [0.5, 0.6) is 5.75 Å². The highest BCUT2D eigenvalue weighted by molar-refractivity contribution is 6.34. The van der Waals surface area contributed by atoms with Gasteiger partial charge >= 0.3 is 5.97 Å². The summed E-state index contributed by atoms with van der Waals surface area (Å²) in [6.07, 6.45) is -1.69. The predicted molar refractivity (Wildman–Crippen MR) is 65.2 cm³/mol. The van der Waals surface area contributed by atoms with Gasteiger partial charge in [0.25, 0.3) is 0 Å². The average molecular weight is 273 g/mol. The summed E-state index contributed by atoms with van der Waals surface area (Å²) in [5.74, 6) is -1.50. The van der Waals surface area contributed by atoms with Gasteiger partial charge in [0.05, 0.1) is 18.1 Å². The summed E-state index contributed by atoms with van der Waals surface area (Å²) >= 11 is 5.70. The van der Waals surface area contributed by atoms with Crippen molar-refractivity contribution >= 4 is 23.4 Å². The van der Waals surface area contributed by atoms with E-state index in [0.29, 0.717) is 0 Å². The number of methoxy groups -OCH3 is 1. The van der Waals surface area contributed by atoms with E-state index in [-0.39, 0.29) is 16.9 Å². The first-order chi connectivity index (χ1) is 8.38. The number of benzene rings is 1. The largest absolute Gasteiger partial charge is 0.496 e. The fourth-order valence-corrected chi connectivity index (χ4v) is 1.56.